The molecule has 0 fully saturated rings. The normalized spacial score (nSPS) is 10.9. The van der Waals surface area contributed by atoms with Crippen molar-refractivity contribution >= 4 is 0 Å². The zero-order valence-electron chi connectivity index (χ0n) is 19.6. The molecule has 0 aliphatic rings. The van der Waals surface area contributed by atoms with E-state index in [0.29, 0.717) is 6.61 Å². The average molecular weight is 433 g/mol. The van der Waals surface area contributed by atoms with Crippen LogP contribution in [-0.2, 0) is 11.2 Å². The number of nitrogens with zero attached hydrogens (tertiary/aromatic N) is 2. The predicted octanol–water partition coefficient (Wildman–Crippen LogP) is 7.13. The summed E-state index contributed by atoms with van der Waals surface area (Å²) in [5, 5.41) is 0. The molecule has 4 nitrogen and oxygen atoms in total. The second kappa shape index (κ2) is 13.6. The van der Waals surface area contributed by atoms with E-state index in [9.17, 15) is 0 Å². The highest BCUT2D eigenvalue weighted by molar-refractivity contribution is 5.64. The minimum absolute atomic E-state index is 0.706. The molecule has 32 heavy (non-hydrogen) atoms. The first kappa shape index (κ1) is 23.9. The van der Waals surface area contributed by atoms with E-state index in [4.69, 9.17) is 9.47 Å². The zero-order chi connectivity index (χ0) is 22.4. The summed E-state index contributed by atoms with van der Waals surface area (Å²) in [4.78, 5) is 9.17. The van der Waals surface area contributed by atoms with Crippen molar-refractivity contribution in [3.05, 3.63) is 66.5 Å². The quantitative estimate of drug-likeness (QED) is 0.254. The maximum atomic E-state index is 5.82. The average Bonchev–Trinajstić information content (AvgIpc) is 2.85. The van der Waals surface area contributed by atoms with Crippen LogP contribution in [0.15, 0.2) is 60.9 Å². The molecule has 0 bridgehead atoms. The van der Waals surface area contributed by atoms with Crippen molar-refractivity contribution in [2.24, 2.45) is 0 Å². The van der Waals surface area contributed by atoms with Crippen LogP contribution in [0.3, 0.4) is 0 Å². The number of aryl methyl sites for hydroxylation is 1. The minimum atomic E-state index is 0.706. The van der Waals surface area contributed by atoms with Gasteiger partial charge in [-0.05, 0) is 67.5 Å². The molecule has 0 amide bonds. The summed E-state index contributed by atoms with van der Waals surface area (Å²) in [6, 6.07) is 16.8. The van der Waals surface area contributed by atoms with Crippen LogP contribution in [0.25, 0.3) is 22.5 Å². The molecular formula is C28H36N2O2. The first-order chi connectivity index (χ1) is 15.8. The van der Waals surface area contributed by atoms with Gasteiger partial charge in [-0.3, -0.25) is 0 Å². The number of benzene rings is 2. The Hall–Kier alpha value is -2.72. The Kier molecular flexibility index (Phi) is 10.2. The molecule has 2 aromatic carbocycles. The zero-order valence-corrected chi connectivity index (χ0v) is 19.6. The summed E-state index contributed by atoms with van der Waals surface area (Å²) in [6.07, 6.45) is 11.9. The summed E-state index contributed by atoms with van der Waals surface area (Å²) in [5.74, 6) is 1.60. The monoisotopic (exact) mass is 432 g/mol. The smallest absolute Gasteiger partial charge is 0.159 e. The number of aromatic nitrogens is 2. The SMILES string of the molecule is CCCCCc1ccc(-c2cnc(-c3ccc(OCCCCOCCC)cc3)nc2)cc1. The molecular weight excluding hydrogens is 396 g/mol. The van der Waals surface area contributed by atoms with Gasteiger partial charge in [-0.2, -0.15) is 0 Å². The maximum Gasteiger partial charge on any atom is 0.159 e. The van der Waals surface area contributed by atoms with Gasteiger partial charge >= 0.3 is 0 Å². The molecule has 3 aromatic rings. The van der Waals surface area contributed by atoms with Crippen molar-refractivity contribution in [2.45, 2.75) is 58.8 Å². The van der Waals surface area contributed by atoms with Crippen molar-refractivity contribution in [1.82, 2.24) is 9.97 Å². The lowest BCUT2D eigenvalue weighted by Crippen LogP contribution is -2.01. The summed E-state index contributed by atoms with van der Waals surface area (Å²) in [7, 11) is 0. The van der Waals surface area contributed by atoms with Gasteiger partial charge in [0.25, 0.3) is 0 Å². The van der Waals surface area contributed by atoms with Gasteiger partial charge in [-0.1, -0.05) is 51.0 Å². The molecule has 4 heteroatoms. The van der Waals surface area contributed by atoms with Gasteiger partial charge in [-0.25, -0.2) is 9.97 Å². The van der Waals surface area contributed by atoms with Gasteiger partial charge in [0.2, 0.25) is 0 Å². The van der Waals surface area contributed by atoms with E-state index in [1.807, 2.05) is 36.7 Å². The van der Waals surface area contributed by atoms with E-state index in [-0.39, 0.29) is 0 Å². The maximum absolute atomic E-state index is 5.82. The molecule has 0 aliphatic heterocycles. The molecule has 0 N–H and O–H groups in total. The molecule has 0 atom stereocenters. The van der Waals surface area contributed by atoms with E-state index >= 15 is 0 Å². The highest BCUT2D eigenvalue weighted by Gasteiger charge is 2.05. The molecule has 0 radical (unpaired) electrons. The van der Waals surface area contributed by atoms with Gasteiger partial charge in [0.05, 0.1) is 6.61 Å². The van der Waals surface area contributed by atoms with Gasteiger partial charge in [0, 0.05) is 36.7 Å². The lowest BCUT2D eigenvalue weighted by molar-refractivity contribution is 0.127. The van der Waals surface area contributed by atoms with Crippen molar-refractivity contribution in [3.8, 4) is 28.3 Å². The van der Waals surface area contributed by atoms with E-state index in [2.05, 4.69) is 48.1 Å². The van der Waals surface area contributed by atoms with Crippen LogP contribution >= 0.6 is 0 Å². The molecule has 0 aliphatic carbocycles. The predicted molar refractivity (Wildman–Crippen MR) is 132 cm³/mol. The van der Waals surface area contributed by atoms with Gasteiger partial charge < -0.3 is 9.47 Å². The van der Waals surface area contributed by atoms with E-state index in [0.717, 1.165) is 67.2 Å². The molecule has 170 valence electrons. The van der Waals surface area contributed by atoms with Crippen LogP contribution in [0.4, 0.5) is 0 Å². The fraction of sp³-hybridized carbons (Fsp3) is 0.429. The largest absolute Gasteiger partial charge is 0.494 e. The van der Waals surface area contributed by atoms with Crippen LogP contribution in [0, 0.1) is 0 Å². The Morgan fingerprint density at radius 3 is 2.00 bits per heavy atom. The second-order valence-corrected chi connectivity index (χ2v) is 8.14. The Balaban J connectivity index is 1.49. The Labute approximate surface area is 193 Å². The molecule has 1 heterocycles. The second-order valence-electron chi connectivity index (χ2n) is 8.14. The Bertz CT molecular complexity index is 890. The van der Waals surface area contributed by atoms with Gasteiger partial charge in [0.15, 0.2) is 5.82 Å². The fourth-order valence-corrected chi connectivity index (χ4v) is 3.51. The molecule has 0 saturated carbocycles. The standard InChI is InChI=1S/C28H36N2O2/c1-3-5-6-9-23-10-12-24(13-11-23)26-21-29-28(30-22-26)25-14-16-27(17-15-25)32-20-8-7-19-31-18-4-2/h10-17,21-22H,3-9,18-20H2,1-2H3. The summed E-state index contributed by atoms with van der Waals surface area (Å²) in [6.45, 7) is 6.73. The van der Waals surface area contributed by atoms with Crippen molar-refractivity contribution in [2.75, 3.05) is 19.8 Å². The van der Waals surface area contributed by atoms with E-state index < -0.39 is 0 Å². The molecule has 0 spiro atoms. The van der Waals surface area contributed by atoms with Gasteiger partial charge in [0.1, 0.15) is 5.75 Å². The number of unbranched alkanes of at least 4 members (excludes halogenated alkanes) is 3. The third-order valence-corrected chi connectivity index (χ3v) is 5.42. The number of hydrogen-bond acceptors (Lipinski definition) is 4. The van der Waals surface area contributed by atoms with Crippen LogP contribution < -0.4 is 4.74 Å². The highest BCUT2D eigenvalue weighted by atomic mass is 16.5. The number of ether oxygens (including phenoxy) is 2. The highest BCUT2D eigenvalue weighted by Crippen LogP contribution is 2.23. The molecule has 3 rings (SSSR count). The number of rotatable bonds is 14. The lowest BCUT2D eigenvalue weighted by Gasteiger charge is -2.08. The van der Waals surface area contributed by atoms with Crippen LogP contribution in [0.5, 0.6) is 5.75 Å². The minimum Gasteiger partial charge on any atom is -0.494 e. The van der Waals surface area contributed by atoms with Crippen molar-refractivity contribution in [3.63, 3.8) is 0 Å². The lowest BCUT2D eigenvalue weighted by atomic mass is 10.0. The van der Waals surface area contributed by atoms with Crippen molar-refractivity contribution in [1.29, 1.82) is 0 Å². The summed E-state index contributed by atoms with van der Waals surface area (Å²) < 4.78 is 11.3. The topological polar surface area (TPSA) is 44.2 Å². The summed E-state index contributed by atoms with van der Waals surface area (Å²) >= 11 is 0. The molecule has 1 aromatic heterocycles. The number of hydrogen-bond donors (Lipinski definition) is 0. The van der Waals surface area contributed by atoms with Crippen LogP contribution in [0.1, 0.15) is 57.9 Å². The first-order valence-electron chi connectivity index (χ1n) is 12.0. The third kappa shape index (κ3) is 7.76. The van der Waals surface area contributed by atoms with Gasteiger partial charge in [-0.15, -0.1) is 0 Å². The van der Waals surface area contributed by atoms with E-state index in [1.54, 1.807) is 0 Å². The first-order valence-corrected chi connectivity index (χ1v) is 12.0. The van der Waals surface area contributed by atoms with Crippen LogP contribution in [0.2, 0.25) is 0 Å². The summed E-state index contributed by atoms with van der Waals surface area (Å²) in [5.41, 5.74) is 4.58. The molecule has 0 saturated heterocycles. The molecule has 0 unspecified atom stereocenters. The van der Waals surface area contributed by atoms with Crippen molar-refractivity contribution < 1.29 is 9.47 Å². The third-order valence-electron chi connectivity index (χ3n) is 5.42. The fourth-order valence-electron chi connectivity index (χ4n) is 3.51. The Morgan fingerprint density at radius 1 is 0.625 bits per heavy atom. The van der Waals surface area contributed by atoms with E-state index in [1.165, 1.54) is 24.8 Å². The van der Waals surface area contributed by atoms with Crippen LogP contribution in [-0.4, -0.2) is 29.8 Å². The Morgan fingerprint density at radius 2 is 1.31 bits per heavy atom.